The fraction of sp³-hybridized carbons (Fsp3) is 0.167. The van der Waals surface area contributed by atoms with Gasteiger partial charge >= 0.3 is 5.69 Å². The Balaban J connectivity index is 1.50. The first-order valence-electron chi connectivity index (χ1n) is 17.1. The zero-order chi connectivity index (χ0) is 35.8. The van der Waals surface area contributed by atoms with Crippen LogP contribution in [-0.4, -0.2) is 27.2 Å². The van der Waals surface area contributed by atoms with Crippen LogP contribution in [0.5, 0.6) is 0 Å². The van der Waals surface area contributed by atoms with Gasteiger partial charge in [-0.15, -0.1) is 5.10 Å². The molecule has 51 heavy (non-hydrogen) atoms. The summed E-state index contributed by atoms with van der Waals surface area (Å²) in [5, 5.41) is 7.97. The first-order chi connectivity index (χ1) is 24.7. The highest BCUT2D eigenvalue weighted by Gasteiger charge is 2.50. The molecule has 0 saturated heterocycles. The molecule has 5 aromatic carbocycles. The van der Waals surface area contributed by atoms with Crippen LogP contribution in [0.3, 0.4) is 0 Å². The molecule has 7 aromatic rings. The molecule has 0 N–H and O–H groups in total. The number of nitrogens with zero attached hydrogens (tertiary/aromatic N) is 4. The molecule has 256 valence electrons. The fourth-order valence-corrected chi connectivity index (χ4v) is 11.7. The Kier molecular flexibility index (Phi) is 9.01. The van der Waals surface area contributed by atoms with Gasteiger partial charge in [0.05, 0.1) is 12.3 Å². The van der Waals surface area contributed by atoms with E-state index < -0.39 is 25.4 Å². The largest absolute Gasteiger partial charge is 0.400 e. The van der Waals surface area contributed by atoms with Gasteiger partial charge in [-0.2, -0.15) is 4.68 Å². The Morgan fingerprint density at radius 1 is 0.725 bits per heavy atom. The molecule has 0 atom stereocenters. The summed E-state index contributed by atoms with van der Waals surface area (Å²) in [6.45, 7) is 8.84. The van der Waals surface area contributed by atoms with E-state index in [-0.39, 0.29) is 23.2 Å². The highest BCUT2D eigenvalue weighted by molar-refractivity contribution is 6.99. The molecule has 0 unspecified atom stereocenters. The first-order valence-corrected chi connectivity index (χ1v) is 19.0. The van der Waals surface area contributed by atoms with Crippen molar-refractivity contribution in [2.75, 3.05) is 0 Å². The monoisotopic (exact) mass is 694 g/mol. The molecule has 0 aliphatic carbocycles. The molecule has 9 heteroatoms. The van der Waals surface area contributed by atoms with Crippen LogP contribution in [0, 0.1) is 5.82 Å². The maximum Gasteiger partial charge on any atom is 0.352 e. The zero-order valence-corrected chi connectivity index (χ0v) is 30.1. The molecule has 0 fully saturated rings. The van der Waals surface area contributed by atoms with Crippen molar-refractivity contribution in [3.63, 3.8) is 0 Å². The summed E-state index contributed by atoms with van der Waals surface area (Å²) in [5.41, 5.74) is 0.847. The van der Waals surface area contributed by atoms with Gasteiger partial charge in [0.15, 0.2) is 11.6 Å². The van der Waals surface area contributed by atoms with Crippen LogP contribution in [0.4, 0.5) is 4.39 Å². The Morgan fingerprint density at radius 2 is 1.29 bits per heavy atom. The Morgan fingerprint density at radius 3 is 1.86 bits per heavy atom. The maximum atomic E-state index is 14.8. The van der Waals surface area contributed by atoms with Gasteiger partial charge in [0, 0.05) is 17.5 Å². The summed E-state index contributed by atoms with van der Waals surface area (Å²) in [4.78, 5) is 29.0. The number of aromatic nitrogens is 4. The number of hydrogen-bond donors (Lipinski definition) is 0. The molecule has 0 saturated carbocycles. The van der Waals surface area contributed by atoms with Crippen molar-refractivity contribution >= 4 is 29.5 Å². The number of benzene rings is 5. The summed E-state index contributed by atoms with van der Waals surface area (Å²) < 4.78 is 26.3. The van der Waals surface area contributed by atoms with E-state index >= 15 is 0 Å². The van der Waals surface area contributed by atoms with Crippen LogP contribution in [0.1, 0.15) is 33.5 Å². The second-order valence-electron chi connectivity index (χ2n) is 13.5. The van der Waals surface area contributed by atoms with Gasteiger partial charge in [-0.05, 0) is 57.6 Å². The second kappa shape index (κ2) is 13.6. The molecule has 0 amide bonds. The molecular formula is C42H39FN4O3Si. The number of rotatable bonds is 9. The van der Waals surface area contributed by atoms with Crippen LogP contribution in [0.15, 0.2) is 149 Å². The lowest BCUT2D eigenvalue weighted by atomic mass is 9.99. The fourth-order valence-electron chi connectivity index (χ4n) is 7.22. The molecule has 0 radical (unpaired) electrons. The zero-order valence-electron chi connectivity index (χ0n) is 29.1. The predicted octanol–water partition coefficient (Wildman–Crippen LogP) is 7.24. The van der Waals surface area contributed by atoms with E-state index in [9.17, 15) is 14.0 Å². The van der Waals surface area contributed by atoms with E-state index in [1.807, 2.05) is 85.8 Å². The van der Waals surface area contributed by atoms with Crippen molar-refractivity contribution in [1.29, 1.82) is 0 Å². The predicted molar refractivity (Wildman–Crippen MR) is 204 cm³/mol. The van der Waals surface area contributed by atoms with E-state index in [1.165, 1.54) is 21.4 Å². The van der Waals surface area contributed by atoms with E-state index in [4.69, 9.17) is 9.52 Å². The lowest BCUT2D eigenvalue weighted by Crippen LogP contribution is -2.66. The van der Waals surface area contributed by atoms with Crippen LogP contribution in [0.25, 0.3) is 33.4 Å². The van der Waals surface area contributed by atoms with Gasteiger partial charge in [-0.1, -0.05) is 136 Å². The third-order valence-corrected chi connectivity index (χ3v) is 14.5. The standard InChI is InChI=1S/C42H39FN4O3Si/c1-5-45-37(29-50-51(42(2,3)4,33-22-11-7-12-23-33)34-24-13-8-14-25-34)44-47(41(45)49)39-38(30-18-9-6-10-19-30)35-26-15-16-27-36(35)40(48)46(39)32-21-17-20-31(43)28-32/h6-28H,5,29H2,1-4H3. The van der Waals surface area contributed by atoms with Crippen LogP contribution in [0.2, 0.25) is 5.04 Å². The topological polar surface area (TPSA) is 71.0 Å². The molecule has 2 heterocycles. The molecule has 0 aliphatic heterocycles. The van der Waals surface area contributed by atoms with Gasteiger partial charge in [0.1, 0.15) is 5.82 Å². The quantitative estimate of drug-likeness (QED) is 0.150. The third kappa shape index (κ3) is 5.88. The molecule has 2 aromatic heterocycles. The van der Waals surface area contributed by atoms with E-state index in [0.29, 0.717) is 28.7 Å². The molecule has 0 bridgehead atoms. The second-order valence-corrected chi connectivity index (χ2v) is 17.8. The van der Waals surface area contributed by atoms with E-state index in [2.05, 4.69) is 45.0 Å². The molecule has 0 spiro atoms. The third-order valence-electron chi connectivity index (χ3n) is 9.48. The van der Waals surface area contributed by atoms with Crippen LogP contribution in [-0.2, 0) is 17.6 Å². The van der Waals surface area contributed by atoms with Gasteiger partial charge in [-0.25, -0.2) is 9.18 Å². The summed E-state index contributed by atoms with van der Waals surface area (Å²) in [6.07, 6.45) is 0. The van der Waals surface area contributed by atoms with Crippen molar-refractivity contribution in [2.24, 2.45) is 0 Å². The smallest absolute Gasteiger partial charge is 0.352 e. The Labute approximate surface area is 297 Å². The van der Waals surface area contributed by atoms with Crippen LogP contribution < -0.4 is 21.6 Å². The average Bonchev–Trinajstić information content (AvgIpc) is 3.46. The SMILES string of the molecule is CCn1c(CO[Si](c2ccccc2)(c2ccccc2)C(C)(C)C)nn(-c2c(-c3ccccc3)c3ccccc3c(=O)n2-c2cccc(F)c2)c1=O. The number of pyridine rings is 1. The van der Waals surface area contributed by atoms with Crippen molar-refractivity contribution in [3.05, 3.63) is 172 Å². The molecule has 7 rings (SSSR count). The minimum Gasteiger partial charge on any atom is -0.400 e. The lowest BCUT2D eigenvalue weighted by Gasteiger charge is -2.42. The van der Waals surface area contributed by atoms with Crippen molar-refractivity contribution in [1.82, 2.24) is 18.9 Å². The lowest BCUT2D eigenvalue weighted by molar-refractivity contribution is 0.270. The number of fused-ring (bicyclic) bond motifs is 1. The number of halogens is 1. The maximum absolute atomic E-state index is 14.8. The van der Waals surface area contributed by atoms with Crippen molar-refractivity contribution in [2.45, 2.75) is 45.9 Å². The highest BCUT2D eigenvalue weighted by atomic mass is 28.4. The van der Waals surface area contributed by atoms with Gasteiger partial charge < -0.3 is 4.43 Å². The Hall–Kier alpha value is -5.64. The summed E-state index contributed by atoms with van der Waals surface area (Å²) in [7, 11) is -3.00. The normalized spacial score (nSPS) is 12.0. The summed E-state index contributed by atoms with van der Waals surface area (Å²) in [6, 6.07) is 43.3. The van der Waals surface area contributed by atoms with Crippen molar-refractivity contribution < 1.29 is 8.82 Å². The Bertz CT molecular complexity index is 2410. The number of hydrogen-bond acceptors (Lipinski definition) is 4. The molecule has 7 nitrogen and oxygen atoms in total. The minimum atomic E-state index is -3.00. The summed E-state index contributed by atoms with van der Waals surface area (Å²) >= 11 is 0. The van der Waals surface area contributed by atoms with Gasteiger partial charge in [0.25, 0.3) is 13.9 Å². The molecule has 0 aliphatic rings. The van der Waals surface area contributed by atoms with Crippen LogP contribution >= 0.6 is 0 Å². The van der Waals surface area contributed by atoms with E-state index in [1.54, 1.807) is 28.8 Å². The van der Waals surface area contributed by atoms with Crippen molar-refractivity contribution in [3.8, 4) is 22.6 Å². The molecular weight excluding hydrogens is 656 g/mol. The average molecular weight is 695 g/mol. The first kappa shape index (κ1) is 33.8. The van der Waals surface area contributed by atoms with Gasteiger partial charge in [0.2, 0.25) is 0 Å². The van der Waals surface area contributed by atoms with Gasteiger partial charge in [-0.3, -0.25) is 13.9 Å². The minimum absolute atomic E-state index is 0.0435. The van der Waals surface area contributed by atoms with E-state index in [0.717, 1.165) is 15.9 Å². The highest BCUT2D eigenvalue weighted by Crippen LogP contribution is 2.38. The summed E-state index contributed by atoms with van der Waals surface area (Å²) in [5.74, 6) is 0.130.